The lowest BCUT2D eigenvalue weighted by Crippen LogP contribution is -2.09. The van der Waals surface area contributed by atoms with E-state index < -0.39 is 34.6 Å². The number of carbonyl (C=O) groups is 2. The molecule has 3 aromatic rings. The van der Waals surface area contributed by atoms with Gasteiger partial charge in [-0.3, -0.25) is 0 Å². The van der Waals surface area contributed by atoms with Gasteiger partial charge in [-0.2, -0.15) is 0 Å². The van der Waals surface area contributed by atoms with Crippen LogP contribution in [0.4, 0.5) is 0 Å². The zero-order chi connectivity index (χ0) is 16.0. The summed E-state index contributed by atoms with van der Waals surface area (Å²) in [5.74, 6) is -4.72. The molecule has 110 valence electrons. The fraction of sp³-hybridized carbons (Fsp3) is 0. The molecule has 0 radical (unpaired) electrons. The van der Waals surface area contributed by atoms with Crippen molar-refractivity contribution in [2.24, 2.45) is 0 Å². The Morgan fingerprint density at radius 2 is 1.23 bits per heavy atom. The Morgan fingerprint density at radius 3 is 1.73 bits per heavy atom. The van der Waals surface area contributed by atoms with Crippen LogP contribution in [0.25, 0.3) is 21.5 Å². The van der Waals surface area contributed by atoms with Crippen LogP contribution in [-0.2, 0) is 0 Å². The van der Waals surface area contributed by atoms with E-state index in [9.17, 15) is 24.9 Å². The maximum absolute atomic E-state index is 11.5. The van der Waals surface area contributed by atoms with Gasteiger partial charge in [-0.1, -0.05) is 24.3 Å². The maximum atomic E-state index is 11.5. The Morgan fingerprint density at radius 1 is 0.727 bits per heavy atom. The van der Waals surface area contributed by atoms with Gasteiger partial charge < -0.3 is 20.4 Å². The van der Waals surface area contributed by atoms with Gasteiger partial charge in [0.15, 0.2) is 11.5 Å². The fourth-order valence-electron chi connectivity index (χ4n) is 2.57. The molecule has 3 aromatic carbocycles. The van der Waals surface area contributed by atoms with Crippen LogP contribution >= 0.6 is 0 Å². The molecular weight excluding hydrogens is 288 g/mol. The second-order valence-corrected chi connectivity index (χ2v) is 4.80. The third kappa shape index (κ3) is 1.81. The monoisotopic (exact) mass is 298 g/mol. The first-order chi connectivity index (χ1) is 10.4. The molecule has 6 heteroatoms. The lowest BCUT2D eigenvalue weighted by Gasteiger charge is -2.12. The molecule has 0 fully saturated rings. The Kier molecular flexibility index (Phi) is 2.88. The van der Waals surface area contributed by atoms with Crippen molar-refractivity contribution in [2.45, 2.75) is 0 Å². The van der Waals surface area contributed by atoms with Gasteiger partial charge in [0.05, 0.1) is 5.56 Å². The SMILES string of the molecule is O=C(O)c1c(O)c(O)c2cc3ccccc3cc2c1C(=O)O. The van der Waals surface area contributed by atoms with Gasteiger partial charge in [-0.05, 0) is 22.9 Å². The van der Waals surface area contributed by atoms with Crippen molar-refractivity contribution in [1.82, 2.24) is 0 Å². The second-order valence-electron chi connectivity index (χ2n) is 4.80. The van der Waals surface area contributed by atoms with E-state index in [2.05, 4.69) is 0 Å². The van der Waals surface area contributed by atoms with Crippen LogP contribution < -0.4 is 0 Å². The van der Waals surface area contributed by atoms with E-state index in [4.69, 9.17) is 5.11 Å². The van der Waals surface area contributed by atoms with Crippen molar-refractivity contribution in [2.75, 3.05) is 0 Å². The first-order valence-corrected chi connectivity index (χ1v) is 6.28. The van der Waals surface area contributed by atoms with Crippen LogP contribution in [0, 0.1) is 0 Å². The topological polar surface area (TPSA) is 115 Å². The van der Waals surface area contributed by atoms with Gasteiger partial charge in [0.1, 0.15) is 5.56 Å². The van der Waals surface area contributed by atoms with Crippen molar-refractivity contribution in [1.29, 1.82) is 0 Å². The quantitative estimate of drug-likeness (QED) is 0.427. The molecule has 0 bridgehead atoms. The predicted molar refractivity (Wildman–Crippen MR) is 78.7 cm³/mol. The summed E-state index contributed by atoms with van der Waals surface area (Å²) in [6.07, 6.45) is 0. The lowest BCUT2D eigenvalue weighted by molar-refractivity contribution is 0.0650. The van der Waals surface area contributed by atoms with Gasteiger partial charge in [0.2, 0.25) is 0 Å². The van der Waals surface area contributed by atoms with Crippen LogP contribution in [0.1, 0.15) is 20.7 Å². The first-order valence-electron chi connectivity index (χ1n) is 6.28. The zero-order valence-electron chi connectivity index (χ0n) is 11.1. The number of carboxylic acid groups (broad SMARTS) is 2. The summed E-state index contributed by atoms with van der Waals surface area (Å²) < 4.78 is 0. The van der Waals surface area contributed by atoms with E-state index in [1.165, 1.54) is 12.1 Å². The molecule has 0 saturated carbocycles. The normalized spacial score (nSPS) is 10.9. The Balaban J connectivity index is 2.62. The highest BCUT2D eigenvalue weighted by molar-refractivity contribution is 6.17. The average molecular weight is 298 g/mol. The van der Waals surface area contributed by atoms with Gasteiger partial charge in [0.25, 0.3) is 0 Å². The van der Waals surface area contributed by atoms with Crippen LogP contribution in [0.3, 0.4) is 0 Å². The fourth-order valence-corrected chi connectivity index (χ4v) is 2.57. The number of hydrogen-bond donors (Lipinski definition) is 4. The molecule has 22 heavy (non-hydrogen) atoms. The van der Waals surface area contributed by atoms with Crippen molar-refractivity contribution in [3.05, 3.63) is 47.5 Å². The number of hydrogen-bond acceptors (Lipinski definition) is 4. The predicted octanol–water partition coefficient (Wildman–Crippen LogP) is 2.80. The third-order valence-corrected chi connectivity index (χ3v) is 3.55. The summed E-state index contributed by atoms with van der Waals surface area (Å²) in [6, 6.07) is 10.0. The summed E-state index contributed by atoms with van der Waals surface area (Å²) in [7, 11) is 0. The molecule has 0 spiro atoms. The van der Waals surface area contributed by atoms with Gasteiger partial charge in [-0.15, -0.1) is 0 Å². The minimum absolute atomic E-state index is 0.0545. The third-order valence-electron chi connectivity index (χ3n) is 3.55. The summed E-state index contributed by atoms with van der Waals surface area (Å²) in [4.78, 5) is 22.8. The molecule has 0 saturated heterocycles. The van der Waals surface area contributed by atoms with Crippen LogP contribution in [0.15, 0.2) is 36.4 Å². The minimum atomic E-state index is -1.62. The Hall–Kier alpha value is -3.28. The number of aromatic hydroxyl groups is 2. The molecule has 0 heterocycles. The van der Waals surface area contributed by atoms with Crippen molar-refractivity contribution < 1.29 is 30.0 Å². The van der Waals surface area contributed by atoms with Crippen molar-refractivity contribution in [3.63, 3.8) is 0 Å². The van der Waals surface area contributed by atoms with E-state index in [0.717, 1.165) is 5.39 Å². The van der Waals surface area contributed by atoms with Gasteiger partial charge in [-0.25, -0.2) is 9.59 Å². The molecule has 4 N–H and O–H groups in total. The van der Waals surface area contributed by atoms with Crippen molar-refractivity contribution >= 4 is 33.5 Å². The molecule has 6 nitrogen and oxygen atoms in total. The molecular formula is C16H10O6. The number of carboxylic acids is 2. The van der Waals surface area contributed by atoms with Gasteiger partial charge in [0, 0.05) is 10.8 Å². The molecule has 0 aliphatic rings. The number of fused-ring (bicyclic) bond motifs is 2. The summed E-state index contributed by atoms with van der Waals surface area (Å²) in [6.45, 7) is 0. The maximum Gasteiger partial charge on any atom is 0.340 e. The number of aromatic carboxylic acids is 2. The highest BCUT2D eigenvalue weighted by atomic mass is 16.4. The summed E-state index contributed by atoms with van der Waals surface area (Å²) in [5.41, 5.74) is -1.38. The number of rotatable bonds is 2. The number of benzene rings is 3. The molecule has 0 aliphatic carbocycles. The van der Waals surface area contributed by atoms with E-state index in [0.29, 0.717) is 5.39 Å². The summed E-state index contributed by atoms with van der Waals surface area (Å²) >= 11 is 0. The minimum Gasteiger partial charge on any atom is -0.504 e. The molecule has 0 aliphatic heterocycles. The smallest absolute Gasteiger partial charge is 0.340 e. The average Bonchev–Trinajstić information content (AvgIpc) is 2.48. The largest absolute Gasteiger partial charge is 0.504 e. The van der Waals surface area contributed by atoms with Crippen LogP contribution in [-0.4, -0.2) is 32.4 Å². The number of phenolic OH excluding ortho intramolecular Hbond substituents is 1. The van der Waals surface area contributed by atoms with Crippen molar-refractivity contribution in [3.8, 4) is 11.5 Å². The molecule has 0 atom stereocenters. The van der Waals surface area contributed by atoms with Crippen LogP contribution in [0.2, 0.25) is 0 Å². The highest BCUT2D eigenvalue weighted by Crippen LogP contribution is 2.41. The molecule has 3 rings (SSSR count). The second kappa shape index (κ2) is 4.63. The lowest BCUT2D eigenvalue weighted by atomic mass is 9.94. The van der Waals surface area contributed by atoms with Gasteiger partial charge >= 0.3 is 11.9 Å². The Bertz CT molecular complexity index is 958. The Labute approximate surface area is 123 Å². The molecule has 0 aromatic heterocycles. The zero-order valence-corrected chi connectivity index (χ0v) is 11.1. The van der Waals surface area contributed by atoms with Crippen LogP contribution in [0.5, 0.6) is 11.5 Å². The van der Waals surface area contributed by atoms with E-state index in [1.807, 2.05) is 0 Å². The van der Waals surface area contributed by atoms with E-state index in [1.54, 1.807) is 24.3 Å². The highest BCUT2D eigenvalue weighted by Gasteiger charge is 2.27. The molecule has 0 amide bonds. The molecule has 0 unspecified atom stereocenters. The summed E-state index contributed by atoms with van der Waals surface area (Å²) in [5, 5.41) is 40.0. The van der Waals surface area contributed by atoms with E-state index >= 15 is 0 Å². The standard InChI is InChI=1S/C16H10O6/c17-13-10-6-8-4-2-1-3-7(8)5-9(10)11(15(19)20)12(14(13)18)16(21)22/h1-6,17-18H,(H,19,20)(H,21,22). The first kappa shape index (κ1) is 13.7. The van der Waals surface area contributed by atoms with E-state index in [-0.39, 0.29) is 10.8 Å². The number of phenols is 2.